The van der Waals surface area contributed by atoms with Gasteiger partial charge in [0.25, 0.3) is 0 Å². The Kier molecular flexibility index (Phi) is 3.55. The van der Waals surface area contributed by atoms with Gasteiger partial charge in [-0.2, -0.15) is 13.2 Å². The molecule has 3 aromatic rings. The van der Waals surface area contributed by atoms with E-state index in [-0.39, 0.29) is 17.1 Å². The van der Waals surface area contributed by atoms with Crippen LogP contribution < -0.4 is 0 Å². The lowest BCUT2D eigenvalue weighted by atomic mass is 10.1. The van der Waals surface area contributed by atoms with Crippen LogP contribution in [0.4, 0.5) is 13.2 Å². The molecule has 0 saturated carbocycles. The monoisotopic (exact) mass is 320 g/mol. The van der Waals surface area contributed by atoms with Crippen LogP contribution in [0, 0.1) is 6.92 Å². The molecule has 0 atom stereocenters. The summed E-state index contributed by atoms with van der Waals surface area (Å²) in [6, 6.07) is 6.43. The van der Waals surface area contributed by atoms with E-state index < -0.39 is 11.7 Å². The molecule has 7 heteroatoms. The summed E-state index contributed by atoms with van der Waals surface area (Å²) in [4.78, 5) is 14.7. The van der Waals surface area contributed by atoms with Gasteiger partial charge in [-0.1, -0.05) is 0 Å². The normalized spacial score (nSPS) is 11.7. The fraction of sp³-hybridized carbons (Fsp3) is 0.125. The van der Waals surface area contributed by atoms with Crippen molar-refractivity contribution < 1.29 is 22.4 Å². The van der Waals surface area contributed by atoms with Gasteiger partial charge in [-0.15, -0.1) is 0 Å². The molecule has 0 saturated heterocycles. The minimum absolute atomic E-state index is 0.0532. The Balaban J connectivity index is 2.17. The zero-order valence-corrected chi connectivity index (χ0v) is 12.0. The van der Waals surface area contributed by atoms with Gasteiger partial charge in [-0.05, 0) is 37.3 Å². The van der Waals surface area contributed by atoms with Crippen molar-refractivity contribution in [1.82, 2.24) is 9.55 Å². The third kappa shape index (κ3) is 3.03. The number of furan rings is 1. The number of alkyl halides is 3. The van der Waals surface area contributed by atoms with Gasteiger partial charge >= 0.3 is 6.18 Å². The summed E-state index contributed by atoms with van der Waals surface area (Å²) in [5, 5.41) is 0. The molecule has 0 aliphatic rings. The van der Waals surface area contributed by atoms with Gasteiger partial charge in [0.1, 0.15) is 5.76 Å². The zero-order chi connectivity index (χ0) is 16.6. The zero-order valence-electron chi connectivity index (χ0n) is 12.0. The van der Waals surface area contributed by atoms with E-state index in [0.29, 0.717) is 17.7 Å². The maximum Gasteiger partial charge on any atom is 0.416 e. The van der Waals surface area contributed by atoms with Gasteiger partial charge in [-0.25, -0.2) is 4.98 Å². The second kappa shape index (κ2) is 5.42. The highest BCUT2D eigenvalue weighted by Crippen LogP contribution is 2.34. The van der Waals surface area contributed by atoms with Crippen LogP contribution in [0.3, 0.4) is 0 Å². The van der Waals surface area contributed by atoms with E-state index in [1.165, 1.54) is 23.0 Å². The first-order chi connectivity index (χ1) is 10.9. The molecule has 0 aliphatic heterocycles. The molecule has 0 radical (unpaired) electrons. The maximum absolute atomic E-state index is 13.1. The van der Waals surface area contributed by atoms with Crippen LogP contribution in [0.2, 0.25) is 0 Å². The summed E-state index contributed by atoms with van der Waals surface area (Å²) in [5.41, 5.74) is 0.416. The Morgan fingerprint density at radius 3 is 2.57 bits per heavy atom. The largest absolute Gasteiger partial charge is 0.453 e. The van der Waals surface area contributed by atoms with Gasteiger partial charge in [0.15, 0.2) is 12.0 Å². The number of benzene rings is 1. The summed E-state index contributed by atoms with van der Waals surface area (Å²) >= 11 is 0. The lowest BCUT2D eigenvalue weighted by molar-refractivity contribution is -0.137. The van der Waals surface area contributed by atoms with Crippen LogP contribution in [-0.4, -0.2) is 15.8 Å². The molecule has 0 bridgehead atoms. The molecule has 0 unspecified atom stereocenters. The molecule has 23 heavy (non-hydrogen) atoms. The first kappa shape index (κ1) is 15.1. The molecule has 0 spiro atoms. The van der Waals surface area contributed by atoms with Crippen molar-refractivity contribution in [1.29, 1.82) is 0 Å². The molecule has 0 aliphatic carbocycles. The molecule has 3 rings (SSSR count). The highest BCUT2D eigenvalue weighted by molar-refractivity contribution is 5.73. The summed E-state index contributed by atoms with van der Waals surface area (Å²) < 4.78 is 46.2. The number of nitrogens with zero attached hydrogens (tertiary/aromatic N) is 2. The molecule has 0 fully saturated rings. The predicted molar refractivity (Wildman–Crippen MR) is 76.4 cm³/mol. The third-order valence-corrected chi connectivity index (χ3v) is 3.28. The lowest BCUT2D eigenvalue weighted by Crippen LogP contribution is -2.06. The van der Waals surface area contributed by atoms with Gasteiger partial charge in [0.05, 0.1) is 17.6 Å². The number of halogens is 3. The van der Waals surface area contributed by atoms with Crippen molar-refractivity contribution >= 4 is 6.29 Å². The summed E-state index contributed by atoms with van der Waals surface area (Å²) in [6.07, 6.45) is -0.941. The highest BCUT2D eigenvalue weighted by atomic mass is 19.4. The molecule has 0 N–H and O–H groups in total. The first-order valence-corrected chi connectivity index (χ1v) is 6.65. The molecule has 0 amide bonds. The Labute approximate surface area is 129 Å². The van der Waals surface area contributed by atoms with E-state index in [9.17, 15) is 18.0 Å². The second-order valence-corrected chi connectivity index (χ2v) is 5.01. The molecule has 118 valence electrons. The van der Waals surface area contributed by atoms with Crippen LogP contribution in [0.5, 0.6) is 0 Å². The molecule has 2 heterocycles. The van der Waals surface area contributed by atoms with Crippen molar-refractivity contribution in [3.8, 4) is 17.0 Å². The Bertz CT molecular complexity index is 862. The number of hydrogen-bond acceptors (Lipinski definition) is 3. The number of hydrogen-bond donors (Lipinski definition) is 0. The number of rotatable bonds is 3. The van der Waals surface area contributed by atoms with E-state index in [1.807, 2.05) is 0 Å². The van der Waals surface area contributed by atoms with Crippen molar-refractivity contribution in [3.63, 3.8) is 0 Å². The minimum atomic E-state index is -4.50. The number of carbonyl (C=O) groups is 1. The number of aldehydes is 1. The summed E-state index contributed by atoms with van der Waals surface area (Å²) in [6.45, 7) is 1.74. The average molecular weight is 320 g/mol. The minimum Gasteiger partial charge on any atom is -0.453 e. The van der Waals surface area contributed by atoms with E-state index >= 15 is 0 Å². The fourth-order valence-corrected chi connectivity index (χ4v) is 2.20. The molecular formula is C16H11F3N2O2. The summed E-state index contributed by atoms with van der Waals surface area (Å²) in [7, 11) is 0. The highest BCUT2D eigenvalue weighted by Gasteiger charge is 2.31. The second-order valence-electron chi connectivity index (χ2n) is 5.01. The average Bonchev–Trinajstić information content (AvgIpc) is 3.14. The Hall–Kier alpha value is -2.83. The van der Waals surface area contributed by atoms with Crippen LogP contribution in [0.25, 0.3) is 17.0 Å². The van der Waals surface area contributed by atoms with Crippen LogP contribution >= 0.6 is 0 Å². The van der Waals surface area contributed by atoms with Crippen LogP contribution in [0.15, 0.2) is 47.3 Å². The predicted octanol–water partition coefficient (Wildman–Crippen LogP) is 4.27. The van der Waals surface area contributed by atoms with Crippen LogP contribution in [0.1, 0.15) is 21.8 Å². The fourth-order valence-electron chi connectivity index (χ4n) is 2.20. The topological polar surface area (TPSA) is 48.0 Å². The number of imidazole rings is 1. The number of aryl methyl sites for hydroxylation is 1. The van der Waals surface area contributed by atoms with Crippen LogP contribution in [-0.2, 0) is 6.18 Å². The smallest absolute Gasteiger partial charge is 0.416 e. The molecular weight excluding hydrogens is 309 g/mol. The molecule has 1 aromatic carbocycles. The SMILES string of the molecule is Cc1cn(-c2cc(-c3ccc(C=O)o3)cc(C(F)(F)F)c2)cn1. The van der Waals surface area contributed by atoms with E-state index in [1.54, 1.807) is 19.2 Å². The quantitative estimate of drug-likeness (QED) is 0.677. The Morgan fingerprint density at radius 1 is 1.22 bits per heavy atom. The number of carbonyl (C=O) groups excluding carboxylic acids is 1. The van der Waals surface area contributed by atoms with Crippen molar-refractivity contribution in [3.05, 3.63) is 59.9 Å². The molecule has 4 nitrogen and oxygen atoms in total. The van der Waals surface area contributed by atoms with Crippen molar-refractivity contribution in [2.75, 3.05) is 0 Å². The van der Waals surface area contributed by atoms with E-state index in [2.05, 4.69) is 4.98 Å². The summed E-state index contributed by atoms with van der Waals surface area (Å²) in [5.74, 6) is 0.244. The standard InChI is InChI=1S/C16H11F3N2O2/c1-10-7-21(9-20-10)13-5-11(4-12(6-13)16(17,18)19)15-3-2-14(8-22)23-15/h2-9H,1H3. The first-order valence-electron chi connectivity index (χ1n) is 6.65. The van der Waals surface area contributed by atoms with Gasteiger partial charge < -0.3 is 8.98 Å². The van der Waals surface area contributed by atoms with Crippen molar-refractivity contribution in [2.24, 2.45) is 0 Å². The third-order valence-electron chi connectivity index (χ3n) is 3.28. The lowest BCUT2D eigenvalue weighted by Gasteiger charge is -2.12. The van der Waals surface area contributed by atoms with Gasteiger partial charge in [0, 0.05) is 17.4 Å². The van der Waals surface area contributed by atoms with E-state index in [0.717, 1.165) is 12.1 Å². The number of aromatic nitrogens is 2. The maximum atomic E-state index is 13.1. The Morgan fingerprint density at radius 2 is 2.00 bits per heavy atom. The van der Waals surface area contributed by atoms with Gasteiger partial charge in [-0.3, -0.25) is 4.79 Å². The van der Waals surface area contributed by atoms with E-state index in [4.69, 9.17) is 4.42 Å². The van der Waals surface area contributed by atoms with Gasteiger partial charge in [0.2, 0.25) is 0 Å². The van der Waals surface area contributed by atoms with Crippen molar-refractivity contribution in [2.45, 2.75) is 13.1 Å². The molecule has 2 aromatic heterocycles.